The smallest absolute Gasteiger partial charge is 0.165 e. The predicted molar refractivity (Wildman–Crippen MR) is 68.4 cm³/mol. The van der Waals surface area contributed by atoms with Gasteiger partial charge in [-0.2, -0.15) is 0 Å². The Morgan fingerprint density at radius 3 is 2.94 bits per heavy atom. The Morgan fingerprint density at radius 2 is 2.35 bits per heavy atom. The van der Waals surface area contributed by atoms with Crippen molar-refractivity contribution in [3.05, 3.63) is 35.9 Å². The van der Waals surface area contributed by atoms with Crippen LogP contribution < -0.4 is 9.47 Å². The lowest BCUT2D eigenvalue weighted by molar-refractivity contribution is 0.221. The van der Waals surface area contributed by atoms with Crippen molar-refractivity contribution in [1.29, 1.82) is 0 Å². The van der Waals surface area contributed by atoms with Crippen molar-refractivity contribution in [1.82, 2.24) is 0 Å². The molecule has 2 heteroatoms. The zero-order valence-corrected chi connectivity index (χ0v) is 10.2. The van der Waals surface area contributed by atoms with Crippen LogP contribution in [0, 0.1) is 18.3 Å². The molecule has 0 aliphatic carbocycles. The van der Waals surface area contributed by atoms with E-state index in [1.54, 1.807) is 7.11 Å². The van der Waals surface area contributed by atoms with Crippen LogP contribution in [-0.2, 0) is 0 Å². The van der Waals surface area contributed by atoms with Crippen LogP contribution in [-0.4, -0.2) is 13.7 Å². The van der Waals surface area contributed by atoms with Crippen LogP contribution in [0.25, 0.3) is 0 Å². The number of terminal acetylenes is 1. The first kappa shape index (κ1) is 11.6. The Hall–Kier alpha value is -1.88. The Kier molecular flexibility index (Phi) is 3.10. The van der Waals surface area contributed by atoms with E-state index in [0.717, 1.165) is 22.6 Å². The topological polar surface area (TPSA) is 18.5 Å². The number of para-hydroxylation sites is 1. The van der Waals surface area contributed by atoms with Gasteiger partial charge in [-0.05, 0) is 13.0 Å². The standard InChI is InChI=1S/C15H16O2/c1-5-11-12-7-6-8-14(16-4)15(12)17-9-13(11)10(2)3/h1,6-8,11,13H,2,9H2,3-4H3. The molecule has 0 saturated heterocycles. The SMILES string of the molecule is C#CC1c2cccc(OC)c2OCC1C(=C)C. The van der Waals surface area contributed by atoms with Crippen molar-refractivity contribution in [2.75, 3.05) is 13.7 Å². The predicted octanol–water partition coefficient (Wildman–Crippen LogP) is 3.00. The molecule has 2 atom stereocenters. The molecular weight excluding hydrogens is 212 g/mol. The quantitative estimate of drug-likeness (QED) is 0.572. The van der Waals surface area contributed by atoms with E-state index in [1.165, 1.54) is 0 Å². The van der Waals surface area contributed by atoms with Crippen molar-refractivity contribution < 1.29 is 9.47 Å². The first-order chi connectivity index (χ1) is 8.19. The van der Waals surface area contributed by atoms with Crippen molar-refractivity contribution in [3.8, 4) is 23.8 Å². The minimum atomic E-state index is 0.0198. The molecule has 88 valence electrons. The first-order valence-corrected chi connectivity index (χ1v) is 5.60. The second-order valence-electron chi connectivity index (χ2n) is 4.29. The van der Waals surface area contributed by atoms with E-state index >= 15 is 0 Å². The number of methoxy groups -OCH3 is 1. The lowest BCUT2D eigenvalue weighted by atomic mass is 9.81. The molecule has 2 nitrogen and oxygen atoms in total. The molecule has 2 rings (SSSR count). The van der Waals surface area contributed by atoms with Gasteiger partial charge in [0, 0.05) is 11.5 Å². The number of rotatable bonds is 2. The number of ether oxygens (including phenoxy) is 2. The summed E-state index contributed by atoms with van der Waals surface area (Å²) in [4.78, 5) is 0. The number of fused-ring (bicyclic) bond motifs is 1. The zero-order chi connectivity index (χ0) is 12.4. The van der Waals surface area contributed by atoms with Gasteiger partial charge in [0.2, 0.25) is 0 Å². The highest BCUT2D eigenvalue weighted by Crippen LogP contribution is 2.43. The van der Waals surface area contributed by atoms with E-state index in [2.05, 4.69) is 12.5 Å². The number of hydrogen-bond donors (Lipinski definition) is 0. The number of hydrogen-bond acceptors (Lipinski definition) is 2. The fourth-order valence-corrected chi connectivity index (χ4v) is 2.21. The van der Waals surface area contributed by atoms with Crippen molar-refractivity contribution >= 4 is 0 Å². The molecule has 1 heterocycles. The average molecular weight is 228 g/mol. The summed E-state index contributed by atoms with van der Waals surface area (Å²) in [5, 5.41) is 0. The maximum atomic E-state index is 5.77. The molecule has 0 bridgehead atoms. The second kappa shape index (κ2) is 4.55. The van der Waals surface area contributed by atoms with Gasteiger partial charge in [-0.15, -0.1) is 6.42 Å². The van der Waals surface area contributed by atoms with E-state index in [9.17, 15) is 0 Å². The molecule has 0 fully saturated rings. The summed E-state index contributed by atoms with van der Waals surface area (Å²) in [6.07, 6.45) is 5.65. The van der Waals surface area contributed by atoms with Gasteiger partial charge in [0.05, 0.1) is 19.6 Å². The normalized spacial score (nSPS) is 21.9. The van der Waals surface area contributed by atoms with E-state index in [-0.39, 0.29) is 11.8 Å². The summed E-state index contributed by atoms with van der Waals surface area (Å²) >= 11 is 0. The molecule has 2 unspecified atom stereocenters. The van der Waals surface area contributed by atoms with E-state index in [4.69, 9.17) is 15.9 Å². The highest BCUT2D eigenvalue weighted by Gasteiger charge is 2.31. The second-order valence-corrected chi connectivity index (χ2v) is 4.29. The van der Waals surface area contributed by atoms with Gasteiger partial charge in [0.15, 0.2) is 11.5 Å². The fourth-order valence-electron chi connectivity index (χ4n) is 2.21. The molecule has 0 amide bonds. The Labute approximate surface area is 102 Å². The first-order valence-electron chi connectivity index (χ1n) is 5.60. The third kappa shape index (κ3) is 1.89. The molecule has 1 aliphatic heterocycles. The van der Waals surface area contributed by atoms with Gasteiger partial charge >= 0.3 is 0 Å². The number of benzene rings is 1. The summed E-state index contributed by atoms with van der Waals surface area (Å²) in [5.41, 5.74) is 2.08. The molecule has 0 spiro atoms. The summed E-state index contributed by atoms with van der Waals surface area (Å²) in [6, 6.07) is 5.82. The Balaban J connectivity index is 2.50. The fraction of sp³-hybridized carbons (Fsp3) is 0.333. The van der Waals surface area contributed by atoms with E-state index < -0.39 is 0 Å². The maximum absolute atomic E-state index is 5.77. The van der Waals surface area contributed by atoms with Crippen LogP contribution in [0.15, 0.2) is 30.4 Å². The molecule has 0 aromatic heterocycles. The lowest BCUT2D eigenvalue weighted by Gasteiger charge is -2.31. The molecule has 1 aromatic carbocycles. The van der Waals surface area contributed by atoms with Crippen LogP contribution in [0.1, 0.15) is 18.4 Å². The maximum Gasteiger partial charge on any atom is 0.165 e. The van der Waals surface area contributed by atoms with Crippen LogP contribution in [0.2, 0.25) is 0 Å². The third-order valence-corrected chi connectivity index (χ3v) is 3.19. The lowest BCUT2D eigenvalue weighted by Crippen LogP contribution is -2.26. The molecule has 1 aliphatic rings. The van der Waals surface area contributed by atoms with Gasteiger partial charge in [0.1, 0.15) is 0 Å². The third-order valence-electron chi connectivity index (χ3n) is 3.19. The van der Waals surface area contributed by atoms with Crippen molar-refractivity contribution in [2.24, 2.45) is 5.92 Å². The molecule has 0 N–H and O–H groups in total. The highest BCUT2D eigenvalue weighted by molar-refractivity contribution is 5.52. The monoisotopic (exact) mass is 228 g/mol. The largest absolute Gasteiger partial charge is 0.493 e. The van der Waals surface area contributed by atoms with E-state index in [0.29, 0.717) is 6.61 Å². The molecule has 0 radical (unpaired) electrons. The van der Waals surface area contributed by atoms with Gasteiger partial charge in [-0.25, -0.2) is 0 Å². The zero-order valence-electron chi connectivity index (χ0n) is 10.2. The van der Waals surface area contributed by atoms with Crippen LogP contribution >= 0.6 is 0 Å². The minimum absolute atomic E-state index is 0.0198. The van der Waals surface area contributed by atoms with Gasteiger partial charge in [-0.1, -0.05) is 30.2 Å². The van der Waals surface area contributed by atoms with Gasteiger partial charge < -0.3 is 9.47 Å². The Morgan fingerprint density at radius 1 is 1.59 bits per heavy atom. The Bertz CT molecular complexity index is 482. The molecule has 17 heavy (non-hydrogen) atoms. The van der Waals surface area contributed by atoms with Crippen LogP contribution in [0.4, 0.5) is 0 Å². The average Bonchev–Trinajstić information content (AvgIpc) is 2.36. The summed E-state index contributed by atoms with van der Waals surface area (Å²) in [6.45, 7) is 6.54. The summed E-state index contributed by atoms with van der Waals surface area (Å²) in [7, 11) is 1.63. The molecular formula is C15H16O2. The summed E-state index contributed by atoms with van der Waals surface area (Å²) < 4.78 is 11.1. The van der Waals surface area contributed by atoms with E-state index in [1.807, 2.05) is 25.1 Å². The summed E-state index contributed by atoms with van der Waals surface area (Å²) in [5.74, 6) is 4.56. The molecule has 1 aromatic rings. The van der Waals surface area contributed by atoms with Crippen molar-refractivity contribution in [3.63, 3.8) is 0 Å². The van der Waals surface area contributed by atoms with Gasteiger partial charge in [0.25, 0.3) is 0 Å². The van der Waals surface area contributed by atoms with Crippen LogP contribution in [0.3, 0.4) is 0 Å². The van der Waals surface area contributed by atoms with Crippen molar-refractivity contribution in [2.45, 2.75) is 12.8 Å². The minimum Gasteiger partial charge on any atom is -0.493 e. The van der Waals surface area contributed by atoms with Crippen LogP contribution in [0.5, 0.6) is 11.5 Å². The van der Waals surface area contributed by atoms with Gasteiger partial charge in [-0.3, -0.25) is 0 Å². The highest BCUT2D eigenvalue weighted by atomic mass is 16.5. The molecule has 0 saturated carbocycles.